The van der Waals surface area contributed by atoms with E-state index in [1.807, 2.05) is 55.5 Å². The zero-order chi connectivity index (χ0) is 16.2. The molecule has 0 radical (unpaired) electrons. The first-order valence-corrected chi connectivity index (χ1v) is 7.57. The normalized spacial score (nSPS) is 10.7. The first-order valence-electron chi connectivity index (χ1n) is 7.57. The van der Waals surface area contributed by atoms with Gasteiger partial charge in [0.2, 0.25) is 0 Å². The number of aromatic nitrogens is 1. The zero-order valence-electron chi connectivity index (χ0n) is 13.3. The fourth-order valence-corrected chi connectivity index (χ4v) is 2.65. The van der Waals surface area contributed by atoms with E-state index in [1.54, 1.807) is 7.11 Å². The second-order valence-corrected chi connectivity index (χ2v) is 5.53. The van der Waals surface area contributed by atoms with Crippen LogP contribution in [0.2, 0.25) is 0 Å². The molecule has 0 saturated heterocycles. The lowest BCUT2D eigenvalue weighted by molar-refractivity contribution is 0.281. The molecular weight excluding hydrogens is 288 g/mol. The van der Waals surface area contributed by atoms with Gasteiger partial charge < -0.3 is 15.2 Å². The van der Waals surface area contributed by atoms with Crippen LogP contribution in [-0.4, -0.2) is 17.2 Å². The molecular formula is C19H20N2O2. The highest BCUT2D eigenvalue weighted by molar-refractivity contribution is 5.92. The lowest BCUT2D eigenvalue weighted by Gasteiger charge is -2.12. The van der Waals surface area contributed by atoms with E-state index in [2.05, 4.69) is 10.3 Å². The summed E-state index contributed by atoms with van der Waals surface area (Å²) in [4.78, 5) is 4.57. The number of hydrogen-bond acceptors (Lipinski definition) is 4. The van der Waals surface area contributed by atoms with Crippen LogP contribution in [0.3, 0.4) is 0 Å². The summed E-state index contributed by atoms with van der Waals surface area (Å²) in [5.41, 5.74) is 4.98. The quantitative estimate of drug-likeness (QED) is 0.755. The van der Waals surface area contributed by atoms with Gasteiger partial charge in [-0.15, -0.1) is 0 Å². The zero-order valence-corrected chi connectivity index (χ0v) is 13.3. The number of ether oxygens (including phenoxy) is 1. The van der Waals surface area contributed by atoms with E-state index in [4.69, 9.17) is 4.74 Å². The van der Waals surface area contributed by atoms with Gasteiger partial charge >= 0.3 is 0 Å². The van der Waals surface area contributed by atoms with Crippen molar-refractivity contribution in [3.05, 3.63) is 65.4 Å². The third kappa shape index (κ3) is 3.43. The van der Waals surface area contributed by atoms with Crippen molar-refractivity contribution in [1.29, 1.82) is 0 Å². The van der Waals surface area contributed by atoms with Crippen molar-refractivity contribution in [3.8, 4) is 5.75 Å². The highest BCUT2D eigenvalue weighted by Crippen LogP contribution is 2.27. The second-order valence-electron chi connectivity index (χ2n) is 5.53. The molecule has 0 atom stereocenters. The minimum absolute atomic E-state index is 0.0579. The molecule has 3 rings (SSSR count). The van der Waals surface area contributed by atoms with Gasteiger partial charge in [-0.05, 0) is 42.3 Å². The SMILES string of the molecule is COc1ccc2nc(C)cc(NCc3cccc(CO)c3)c2c1. The van der Waals surface area contributed by atoms with Crippen LogP contribution in [0, 0.1) is 6.92 Å². The van der Waals surface area contributed by atoms with Crippen LogP contribution in [-0.2, 0) is 13.2 Å². The standard InChI is InChI=1S/C19H20N2O2/c1-13-8-19(17-10-16(23-2)6-7-18(17)21-13)20-11-14-4-3-5-15(9-14)12-22/h3-10,22H,11-12H2,1-2H3,(H,20,21). The number of aliphatic hydroxyl groups is 1. The number of nitrogens with one attached hydrogen (secondary N) is 1. The molecule has 0 amide bonds. The molecule has 0 aliphatic heterocycles. The van der Waals surface area contributed by atoms with Gasteiger partial charge in [0.15, 0.2) is 0 Å². The predicted octanol–water partition coefficient (Wildman–Crippen LogP) is 3.66. The number of methoxy groups -OCH3 is 1. The number of anilines is 1. The van der Waals surface area contributed by atoms with Crippen molar-refractivity contribution < 1.29 is 9.84 Å². The number of pyridine rings is 1. The Bertz CT molecular complexity index is 831. The average Bonchev–Trinajstić information content (AvgIpc) is 2.59. The molecule has 2 N–H and O–H groups in total. The van der Waals surface area contributed by atoms with Crippen LogP contribution in [0.1, 0.15) is 16.8 Å². The van der Waals surface area contributed by atoms with E-state index in [1.165, 1.54) is 0 Å². The number of rotatable bonds is 5. The van der Waals surface area contributed by atoms with Crippen molar-refractivity contribution >= 4 is 16.6 Å². The Morgan fingerprint density at radius 2 is 1.91 bits per heavy atom. The monoisotopic (exact) mass is 308 g/mol. The molecule has 0 saturated carbocycles. The Kier molecular flexibility index (Phi) is 4.44. The second kappa shape index (κ2) is 6.67. The van der Waals surface area contributed by atoms with Crippen LogP contribution in [0.25, 0.3) is 10.9 Å². The van der Waals surface area contributed by atoms with Crippen LogP contribution in [0.15, 0.2) is 48.5 Å². The maximum absolute atomic E-state index is 9.24. The lowest BCUT2D eigenvalue weighted by atomic mass is 10.1. The van der Waals surface area contributed by atoms with E-state index in [9.17, 15) is 5.11 Å². The van der Waals surface area contributed by atoms with E-state index in [-0.39, 0.29) is 6.61 Å². The summed E-state index contributed by atoms with van der Waals surface area (Å²) in [6.45, 7) is 2.73. The minimum atomic E-state index is 0.0579. The molecule has 2 aromatic carbocycles. The Hall–Kier alpha value is -2.59. The molecule has 0 aliphatic carbocycles. The van der Waals surface area contributed by atoms with Gasteiger partial charge in [-0.25, -0.2) is 0 Å². The lowest BCUT2D eigenvalue weighted by Crippen LogP contribution is -2.02. The molecule has 4 heteroatoms. The molecule has 3 aromatic rings. The Morgan fingerprint density at radius 1 is 1.09 bits per heavy atom. The molecule has 23 heavy (non-hydrogen) atoms. The summed E-state index contributed by atoms with van der Waals surface area (Å²) >= 11 is 0. The van der Waals surface area contributed by atoms with Gasteiger partial charge in [0.05, 0.1) is 19.2 Å². The van der Waals surface area contributed by atoms with Crippen LogP contribution in [0.5, 0.6) is 5.75 Å². The molecule has 0 aliphatic rings. The average molecular weight is 308 g/mol. The first kappa shape index (κ1) is 15.3. The number of aryl methyl sites for hydroxylation is 1. The summed E-state index contributed by atoms with van der Waals surface area (Å²) in [7, 11) is 1.66. The largest absolute Gasteiger partial charge is 0.497 e. The first-order chi connectivity index (χ1) is 11.2. The number of hydrogen-bond donors (Lipinski definition) is 2. The van der Waals surface area contributed by atoms with Crippen LogP contribution in [0.4, 0.5) is 5.69 Å². The van der Waals surface area contributed by atoms with E-state index in [0.717, 1.165) is 39.2 Å². The van der Waals surface area contributed by atoms with Crippen molar-refractivity contribution in [2.24, 2.45) is 0 Å². The van der Waals surface area contributed by atoms with Gasteiger partial charge in [-0.1, -0.05) is 24.3 Å². The van der Waals surface area contributed by atoms with Crippen molar-refractivity contribution in [1.82, 2.24) is 4.98 Å². The molecule has 1 heterocycles. The number of aliphatic hydroxyl groups excluding tert-OH is 1. The van der Waals surface area contributed by atoms with Crippen molar-refractivity contribution in [2.45, 2.75) is 20.1 Å². The summed E-state index contributed by atoms with van der Waals surface area (Å²) in [6, 6.07) is 15.8. The number of fused-ring (bicyclic) bond motifs is 1. The van der Waals surface area contributed by atoms with Gasteiger partial charge in [0.1, 0.15) is 5.75 Å². The summed E-state index contributed by atoms with van der Waals surface area (Å²) in [5.74, 6) is 0.813. The van der Waals surface area contributed by atoms with Crippen LogP contribution < -0.4 is 10.1 Å². The Labute approximate surface area is 135 Å². The molecule has 118 valence electrons. The molecule has 1 aromatic heterocycles. The number of benzene rings is 2. The summed E-state index contributed by atoms with van der Waals surface area (Å²) in [6.07, 6.45) is 0. The van der Waals surface area contributed by atoms with Gasteiger partial charge in [-0.3, -0.25) is 4.98 Å². The van der Waals surface area contributed by atoms with E-state index >= 15 is 0 Å². The van der Waals surface area contributed by atoms with Crippen molar-refractivity contribution in [3.63, 3.8) is 0 Å². The highest BCUT2D eigenvalue weighted by atomic mass is 16.5. The number of nitrogens with zero attached hydrogens (tertiary/aromatic N) is 1. The molecule has 0 spiro atoms. The maximum atomic E-state index is 9.24. The van der Waals surface area contributed by atoms with Gasteiger partial charge in [0.25, 0.3) is 0 Å². The highest BCUT2D eigenvalue weighted by Gasteiger charge is 2.06. The Balaban J connectivity index is 1.92. The van der Waals surface area contributed by atoms with Crippen LogP contribution >= 0.6 is 0 Å². The fourth-order valence-electron chi connectivity index (χ4n) is 2.65. The van der Waals surface area contributed by atoms with Gasteiger partial charge in [0, 0.05) is 23.3 Å². The smallest absolute Gasteiger partial charge is 0.119 e. The third-order valence-electron chi connectivity index (χ3n) is 3.80. The topological polar surface area (TPSA) is 54.4 Å². The molecule has 0 fully saturated rings. The molecule has 0 unspecified atom stereocenters. The predicted molar refractivity (Wildman–Crippen MR) is 92.7 cm³/mol. The summed E-state index contributed by atoms with van der Waals surface area (Å²) < 4.78 is 5.32. The van der Waals surface area contributed by atoms with Crippen molar-refractivity contribution in [2.75, 3.05) is 12.4 Å². The van der Waals surface area contributed by atoms with E-state index < -0.39 is 0 Å². The minimum Gasteiger partial charge on any atom is -0.497 e. The molecule has 4 nitrogen and oxygen atoms in total. The Morgan fingerprint density at radius 3 is 2.70 bits per heavy atom. The fraction of sp³-hybridized carbons (Fsp3) is 0.211. The third-order valence-corrected chi connectivity index (χ3v) is 3.80. The maximum Gasteiger partial charge on any atom is 0.119 e. The van der Waals surface area contributed by atoms with Gasteiger partial charge in [-0.2, -0.15) is 0 Å². The molecule has 0 bridgehead atoms. The summed E-state index contributed by atoms with van der Waals surface area (Å²) in [5, 5.41) is 13.7. The van der Waals surface area contributed by atoms with E-state index in [0.29, 0.717) is 6.54 Å².